The van der Waals surface area contributed by atoms with Crippen molar-refractivity contribution in [2.45, 2.75) is 25.9 Å². The molecule has 9 nitrogen and oxygen atoms in total. The van der Waals surface area contributed by atoms with E-state index in [1.165, 1.54) is 11.2 Å². The number of esters is 1. The number of nitrogens with one attached hydrogen (secondary N) is 1. The smallest absolute Gasteiger partial charge is 0.338 e. The van der Waals surface area contributed by atoms with Crippen LogP contribution in [0, 0.1) is 0 Å². The number of nitrogens with zero attached hydrogens (tertiary/aromatic N) is 3. The van der Waals surface area contributed by atoms with E-state index < -0.39 is 12.0 Å². The largest absolute Gasteiger partial charge is 0.463 e. The third-order valence-electron chi connectivity index (χ3n) is 6.35. The number of carbonyl (C=O) groups is 3. The van der Waals surface area contributed by atoms with Crippen molar-refractivity contribution in [2.75, 3.05) is 39.8 Å². The van der Waals surface area contributed by atoms with Crippen LogP contribution in [0.1, 0.15) is 36.0 Å². The normalized spacial score (nSPS) is 21.2. The van der Waals surface area contributed by atoms with Gasteiger partial charge in [-0.05, 0) is 43.7 Å². The molecular formula is C25H29ClN4O5. The quantitative estimate of drug-likeness (QED) is 0.611. The van der Waals surface area contributed by atoms with Gasteiger partial charge in [0.1, 0.15) is 0 Å². The predicted molar refractivity (Wildman–Crippen MR) is 130 cm³/mol. The number of amides is 3. The van der Waals surface area contributed by atoms with Gasteiger partial charge < -0.3 is 19.4 Å². The van der Waals surface area contributed by atoms with Crippen molar-refractivity contribution in [3.63, 3.8) is 0 Å². The van der Waals surface area contributed by atoms with Gasteiger partial charge in [0, 0.05) is 50.0 Å². The van der Waals surface area contributed by atoms with Gasteiger partial charge in [-0.15, -0.1) is 0 Å². The lowest BCUT2D eigenvalue weighted by atomic mass is 9.94. The maximum Gasteiger partial charge on any atom is 0.338 e. The predicted octanol–water partition coefficient (Wildman–Crippen LogP) is 3.29. The lowest BCUT2D eigenvalue weighted by molar-refractivity contribution is -0.139. The van der Waals surface area contributed by atoms with Gasteiger partial charge in [-0.3, -0.25) is 14.6 Å². The molecule has 0 aliphatic carbocycles. The van der Waals surface area contributed by atoms with Crippen LogP contribution in [0.25, 0.3) is 0 Å². The molecule has 2 atom stereocenters. The summed E-state index contributed by atoms with van der Waals surface area (Å²) >= 11 is 6.05. The van der Waals surface area contributed by atoms with E-state index in [0.717, 1.165) is 5.56 Å². The molecule has 0 saturated carbocycles. The maximum atomic E-state index is 13.1. The summed E-state index contributed by atoms with van der Waals surface area (Å²) in [5, 5.41) is 3.47. The first kappa shape index (κ1) is 24.8. The topological polar surface area (TPSA) is 95.3 Å². The number of benzene rings is 1. The number of rotatable bonds is 6. The molecule has 10 heteroatoms. The fourth-order valence-electron chi connectivity index (χ4n) is 4.54. The Labute approximate surface area is 209 Å². The molecule has 2 unspecified atom stereocenters. The van der Waals surface area contributed by atoms with Gasteiger partial charge in [-0.25, -0.2) is 9.59 Å². The zero-order valence-electron chi connectivity index (χ0n) is 20.0. The molecule has 186 valence electrons. The van der Waals surface area contributed by atoms with Gasteiger partial charge in [0.25, 0.3) is 5.91 Å². The summed E-state index contributed by atoms with van der Waals surface area (Å²) in [6.45, 7) is 5.95. The Kier molecular flexibility index (Phi) is 7.47. The first-order valence-corrected chi connectivity index (χ1v) is 11.9. The number of furan rings is 1. The van der Waals surface area contributed by atoms with Crippen LogP contribution in [0.5, 0.6) is 0 Å². The van der Waals surface area contributed by atoms with Crippen LogP contribution in [-0.4, -0.2) is 78.5 Å². The molecule has 4 rings (SSSR count). The molecule has 2 aliphatic rings. The molecule has 2 aliphatic heterocycles. The zero-order chi connectivity index (χ0) is 25.1. The fraction of sp³-hybridized carbons (Fsp3) is 0.400. The molecule has 0 spiro atoms. The third-order valence-corrected chi connectivity index (χ3v) is 6.61. The highest BCUT2D eigenvalue weighted by Crippen LogP contribution is 2.32. The third kappa shape index (κ3) is 5.21. The summed E-state index contributed by atoms with van der Waals surface area (Å²) in [5.41, 5.74) is 1.70. The van der Waals surface area contributed by atoms with E-state index in [1.807, 2.05) is 6.92 Å². The lowest BCUT2D eigenvalue weighted by Crippen LogP contribution is -2.56. The molecule has 1 aromatic heterocycles. The maximum absolute atomic E-state index is 13.1. The second-order valence-electron chi connectivity index (χ2n) is 8.63. The van der Waals surface area contributed by atoms with Gasteiger partial charge in [-0.2, -0.15) is 0 Å². The number of likely N-dealkylation sites (N-methyl/N-ethyl adjacent to an activating group) is 1. The molecule has 35 heavy (non-hydrogen) atoms. The Hall–Kier alpha value is -3.30. The summed E-state index contributed by atoms with van der Waals surface area (Å²) in [6, 6.07) is 9.32. The summed E-state index contributed by atoms with van der Waals surface area (Å²) in [4.78, 5) is 44.2. The Morgan fingerprint density at radius 3 is 2.57 bits per heavy atom. The standard InChI is InChI=1S/C25H29ClN4O5/c1-4-34-24(32)21-19(28(3)25(33)27-22(21)17-7-9-18(26)10-8-17)15-29-11-12-30(16(2)14-29)23(31)20-6-5-13-35-20/h5-10,13,16,22H,4,11-12,14-15H2,1-3H3,(H,27,33). The monoisotopic (exact) mass is 500 g/mol. The van der Waals surface area contributed by atoms with Crippen molar-refractivity contribution in [1.82, 2.24) is 20.0 Å². The summed E-state index contributed by atoms with van der Waals surface area (Å²) in [5.74, 6) is -0.313. The number of ether oxygens (including phenoxy) is 1. The molecule has 3 heterocycles. The van der Waals surface area contributed by atoms with Crippen LogP contribution in [-0.2, 0) is 9.53 Å². The fourth-order valence-corrected chi connectivity index (χ4v) is 4.66. The molecule has 1 N–H and O–H groups in total. The number of piperazine rings is 1. The van der Waals surface area contributed by atoms with Crippen molar-refractivity contribution in [2.24, 2.45) is 0 Å². The van der Waals surface area contributed by atoms with Crippen molar-refractivity contribution in [3.05, 3.63) is 70.3 Å². The van der Waals surface area contributed by atoms with E-state index in [1.54, 1.807) is 55.3 Å². The van der Waals surface area contributed by atoms with Gasteiger partial charge in [0.2, 0.25) is 0 Å². The number of urea groups is 1. The van der Waals surface area contributed by atoms with Crippen LogP contribution in [0.15, 0.2) is 58.3 Å². The van der Waals surface area contributed by atoms with Crippen LogP contribution in [0.3, 0.4) is 0 Å². The Balaban J connectivity index is 1.61. The molecular weight excluding hydrogens is 472 g/mol. The Morgan fingerprint density at radius 1 is 1.20 bits per heavy atom. The van der Waals surface area contributed by atoms with Crippen LogP contribution in [0.2, 0.25) is 5.02 Å². The molecule has 1 saturated heterocycles. The van der Waals surface area contributed by atoms with Crippen LogP contribution >= 0.6 is 11.6 Å². The average molecular weight is 501 g/mol. The van der Waals surface area contributed by atoms with Crippen molar-refractivity contribution >= 4 is 29.5 Å². The van der Waals surface area contributed by atoms with Crippen LogP contribution < -0.4 is 5.32 Å². The Morgan fingerprint density at radius 2 is 1.94 bits per heavy atom. The minimum atomic E-state index is -0.663. The SMILES string of the molecule is CCOC(=O)C1=C(CN2CCN(C(=O)c3ccco3)C(C)C2)N(C)C(=O)NC1c1ccc(Cl)cc1. The second kappa shape index (κ2) is 10.5. The summed E-state index contributed by atoms with van der Waals surface area (Å²) < 4.78 is 10.7. The van der Waals surface area contributed by atoms with Crippen molar-refractivity contribution in [3.8, 4) is 0 Å². The number of hydrogen-bond acceptors (Lipinski definition) is 6. The van der Waals surface area contributed by atoms with Crippen LogP contribution in [0.4, 0.5) is 4.79 Å². The molecule has 2 aromatic rings. The Bertz CT molecular complexity index is 1120. The van der Waals surface area contributed by atoms with E-state index in [9.17, 15) is 14.4 Å². The lowest BCUT2D eigenvalue weighted by Gasteiger charge is -2.42. The zero-order valence-corrected chi connectivity index (χ0v) is 20.7. The molecule has 0 radical (unpaired) electrons. The molecule has 1 aromatic carbocycles. The molecule has 3 amide bonds. The van der Waals surface area contributed by atoms with Gasteiger partial charge in [0.15, 0.2) is 5.76 Å². The number of carbonyl (C=O) groups excluding carboxylic acids is 3. The van der Waals surface area contributed by atoms with Crippen molar-refractivity contribution in [1.29, 1.82) is 0 Å². The number of hydrogen-bond donors (Lipinski definition) is 1. The van der Waals surface area contributed by atoms with Crippen molar-refractivity contribution < 1.29 is 23.5 Å². The van der Waals surface area contributed by atoms with Gasteiger partial charge in [0.05, 0.1) is 24.5 Å². The van der Waals surface area contributed by atoms with E-state index in [2.05, 4.69) is 10.2 Å². The average Bonchev–Trinajstić information content (AvgIpc) is 3.37. The highest BCUT2D eigenvalue weighted by Gasteiger charge is 2.38. The van der Waals surface area contributed by atoms with Gasteiger partial charge >= 0.3 is 12.0 Å². The highest BCUT2D eigenvalue weighted by atomic mass is 35.5. The van der Waals surface area contributed by atoms with E-state index in [4.69, 9.17) is 20.8 Å². The summed E-state index contributed by atoms with van der Waals surface area (Å²) in [7, 11) is 1.64. The molecule has 1 fully saturated rings. The highest BCUT2D eigenvalue weighted by molar-refractivity contribution is 6.30. The van der Waals surface area contributed by atoms with E-state index in [-0.39, 0.29) is 24.6 Å². The second-order valence-corrected chi connectivity index (χ2v) is 9.07. The number of halogens is 1. The van der Waals surface area contributed by atoms with E-state index in [0.29, 0.717) is 48.2 Å². The first-order chi connectivity index (χ1) is 16.8. The van der Waals surface area contributed by atoms with E-state index >= 15 is 0 Å². The van der Waals surface area contributed by atoms with Gasteiger partial charge in [-0.1, -0.05) is 23.7 Å². The molecule has 0 bridgehead atoms. The summed E-state index contributed by atoms with van der Waals surface area (Å²) in [6.07, 6.45) is 1.48. The minimum absolute atomic E-state index is 0.0808. The minimum Gasteiger partial charge on any atom is -0.463 e. The first-order valence-electron chi connectivity index (χ1n) is 11.6.